The Morgan fingerprint density at radius 1 is 1.14 bits per heavy atom. The van der Waals surface area contributed by atoms with Crippen LogP contribution in [0, 0.1) is 0 Å². The van der Waals surface area contributed by atoms with Gasteiger partial charge in [-0.25, -0.2) is 0 Å². The van der Waals surface area contributed by atoms with Crippen LogP contribution in [0.25, 0.3) is 0 Å². The third kappa shape index (κ3) is 4.86. The lowest BCUT2D eigenvalue weighted by Crippen LogP contribution is -2.48. The summed E-state index contributed by atoms with van der Waals surface area (Å²) in [7, 11) is 0. The van der Waals surface area contributed by atoms with Gasteiger partial charge >= 0.3 is 11.8 Å². The van der Waals surface area contributed by atoms with Gasteiger partial charge in [-0.1, -0.05) is 30.3 Å². The van der Waals surface area contributed by atoms with Crippen molar-refractivity contribution < 1.29 is 14.7 Å². The number of benzene rings is 1. The predicted molar refractivity (Wildman–Crippen MR) is 81.5 cm³/mol. The molecule has 0 radical (unpaired) electrons. The Bertz CT molecular complexity index is 460. The molecule has 0 aromatic heterocycles. The zero-order valence-electron chi connectivity index (χ0n) is 13.0. The second kappa shape index (κ2) is 8.42. The van der Waals surface area contributed by atoms with Crippen molar-refractivity contribution in [2.45, 2.75) is 33.4 Å². The van der Waals surface area contributed by atoms with Crippen LogP contribution in [0.5, 0.6) is 0 Å². The molecule has 5 heteroatoms. The molecule has 0 heterocycles. The fourth-order valence-electron chi connectivity index (χ4n) is 2.05. The quantitative estimate of drug-likeness (QED) is 0.803. The van der Waals surface area contributed by atoms with E-state index in [2.05, 4.69) is 0 Å². The van der Waals surface area contributed by atoms with Gasteiger partial charge in [0, 0.05) is 25.7 Å². The van der Waals surface area contributed by atoms with Crippen LogP contribution in [0.2, 0.25) is 0 Å². The third-order valence-corrected chi connectivity index (χ3v) is 3.30. The molecule has 2 amide bonds. The van der Waals surface area contributed by atoms with E-state index in [0.717, 1.165) is 5.56 Å². The minimum absolute atomic E-state index is 0.0745. The van der Waals surface area contributed by atoms with E-state index in [1.165, 1.54) is 4.90 Å². The van der Waals surface area contributed by atoms with Gasteiger partial charge in [0.25, 0.3) is 0 Å². The van der Waals surface area contributed by atoms with Gasteiger partial charge in [0.05, 0.1) is 6.61 Å². The second-order valence-electron chi connectivity index (χ2n) is 5.12. The molecule has 0 bridgehead atoms. The zero-order chi connectivity index (χ0) is 15.8. The number of aliphatic hydroxyl groups is 1. The van der Waals surface area contributed by atoms with Gasteiger partial charge in [-0.15, -0.1) is 0 Å². The first-order chi connectivity index (χ1) is 10.0. The van der Waals surface area contributed by atoms with E-state index in [-0.39, 0.29) is 19.2 Å². The summed E-state index contributed by atoms with van der Waals surface area (Å²) in [5.74, 6) is -1.08. The Morgan fingerprint density at radius 2 is 1.76 bits per heavy atom. The summed E-state index contributed by atoms with van der Waals surface area (Å²) >= 11 is 0. The average molecular weight is 292 g/mol. The number of likely N-dealkylation sites (N-methyl/N-ethyl adjacent to an activating group) is 1. The predicted octanol–water partition coefficient (Wildman–Crippen LogP) is 1.26. The highest BCUT2D eigenvalue weighted by Crippen LogP contribution is 2.10. The Labute approximate surface area is 126 Å². The van der Waals surface area contributed by atoms with Crippen LogP contribution >= 0.6 is 0 Å². The average Bonchev–Trinajstić information content (AvgIpc) is 2.49. The molecule has 0 aliphatic carbocycles. The van der Waals surface area contributed by atoms with E-state index in [9.17, 15) is 9.59 Å². The van der Waals surface area contributed by atoms with E-state index < -0.39 is 11.8 Å². The molecule has 21 heavy (non-hydrogen) atoms. The van der Waals surface area contributed by atoms with Crippen molar-refractivity contribution in [3.05, 3.63) is 35.9 Å². The van der Waals surface area contributed by atoms with E-state index in [0.29, 0.717) is 13.1 Å². The van der Waals surface area contributed by atoms with E-state index in [1.54, 1.807) is 11.8 Å². The van der Waals surface area contributed by atoms with E-state index in [1.807, 2.05) is 44.2 Å². The highest BCUT2D eigenvalue weighted by atomic mass is 16.3. The van der Waals surface area contributed by atoms with Gasteiger partial charge < -0.3 is 14.9 Å². The summed E-state index contributed by atoms with van der Waals surface area (Å²) in [6, 6.07) is 9.51. The number of hydrogen-bond acceptors (Lipinski definition) is 3. The van der Waals surface area contributed by atoms with Gasteiger partial charge in [-0.3, -0.25) is 9.59 Å². The van der Waals surface area contributed by atoms with E-state index in [4.69, 9.17) is 5.11 Å². The van der Waals surface area contributed by atoms with Crippen molar-refractivity contribution in [3.8, 4) is 0 Å². The largest absolute Gasteiger partial charge is 0.395 e. The fraction of sp³-hybridized carbons (Fsp3) is 0.500. The summed E-state index contributed by atoms with van der Waals surface area (Å²) in [4.78, 5) is 27.6. The standard InChI is InChI=1S/C16H24N2O3/c1-4-17(10-11-19)15(20)16(21)18(13(2)3)12-14-8-6-5-7-9-14/h5-9,13,19H,4,10-12H2,1-3H3. The molecule has 0 saturated carbocycles. The summed E-state index contributed by atoms with van der Waals surface area (Å²) in [5, 5.41) is 8.96. The van der Waals surface area contributed by atoms with E-state index >= 15 is 0 Å². The molecule has 0 atom stereocenters. The Kier molecular flexibility index (Phi) is 6.88. The number of carbonyl (C=O) groups excluding carboxylic acids is 2. The molecule has 5 nitrogen and oxygen atoms in total. The highest BCUT2D eigenvalue weighted by Gasteiger charge is 2.27. The molecule has 1 rings (SSSR count). The third-order valence-electron chi connectivity index (χ3n) is 3.30. The minimum atomic E-state index is -0.559. The van der Waals surface area contributed by atoms with Crippen molar-refractivity contribution in [2.24, 2.45) is 0 Å². The lowest BCUT2D eigenvalue weighted by atomic mass is 10.2. The molecule has 0 spiro atoms. The number of carbonyl (C=O) groups is 2. The molecule has 0 saturated heterocycles. The maximum Gasteiger partial charge on any atom is 0.312 e. The van der Waals surface area contributed by atoms with Crippen LogP contribution in [-0.2, 0) is 16.1 Å². The number of hydrogen-bond donors (Lipinski definition) is 1. The first kappa shape index (κ1) is 17.2. The van der Waals surface area contributed by atoms with Crippen LogP contribution in [0.3, 0.4) is 0 Å². The Morgan fingerprint density at radius 3 is 2.24 bits per heavy atom. The van der Waals surface area contributed by atoms with Crippen molar-refractivity contribution in [1.29, 1.82) is 0 Å². The summed E-state index contributed by atoms with van der Waals surface area (Å²) in [5.41, 5.74) is 0.984. The van der Waals surface area contributed by atoms with Crippen molar-refractivity contribution in [3.63, 3.8) is 0 Å². The minimum Gasteiger partial charge on any atom is -0.395 e. The topological polar surface area (TPSA) is 60.9 Å². The summed E-state index contributed by atoms with van der Waals surface area (Å²) < 4.78 is 0. The van der Waals surface area contributed by atoms with Gasteiger partial charge in [0.15, 0.2) is 0 Å². The first-order valence-corrected chi connectivity index (χ1v) is 7.25. The van der Waals surface area contributed by atoms with Crippen molar-refractivity contribution in [1.82, 2.24) is 9.80 Å². The Hall–Kier alpha value is -1.88. The molecule has 1 N–H and O–H groups in total. The summed E-state index contributed by atoms with van der Waals surface area (Å²) in [6.07, 6.45) is 0. The molecule has 0 aliphatic heterocycles. The van der Waals surface area contributed by atoms with Gasteiger partial charge in [-0.05, 0) is 26.3 Å². The maximum atomic E-state index is 12.4. The van der Waals surface area contributed by atoms with Crippen LogP contribution in [0.1, 0.15) is 26.3 Å². The SMILES string of the molecule is CCN(CCO)C(=O)C(=O)N(Cc1ccccc1)C(C)C. The van der Waals surface area contributed by atoms with Crippen molar-refractivity contribution in [2.75, 3.05) is 19.7 Å². The molecule has 0 fully saturated rings. The molecular formula is C16H24N2O3. The lowest BCUT2D eigenvalue weighted by Gasteiger charge is -2.29. The van der Waals surface area contributed by atoms with Crippen LogP contribution in [-0.4, -0.2) is 52.5 Å². The number of aliphatic hydroxyl groups excluding tert-OH is 1. The number of amides is 2. The van der Waals surface area contributed by atoms with Gasteiger partial charge in [0.1, 0.15) is 0 Å². The molecular weight excluding hydrogens is 268 g/mol. The van der Waals surface area contributed by atoms with Crippen molar-refractivity contribution >= 4 is 11.8 Å². The molecule has 1 aromatic carbocycles. The molecule has 1 aromatic rings. The Balaban J connectivity index is 2.85. The first-order valence-electron chi connectivity index (χ1n) is 7.25. The van der Waals surface area contributed by atoms with Crippen LogP contribution < -0.4 is 0 Å². The molecule has 0 aliphatic rings. The monoisotopic (exact) mass is 292 g/mol. The lowest BCUT2D eigenvalue weighted by molar-refractivity contribution is -0.153. The highest BCUT2D eigenvalue weighted by molar-refractivity contribution is 6.34. The fourth-order valence-corrected chi connectivity index (χ4v) is 2.05. The molecule has 116 valence electrons. The summed E-state index contributed by atoms with van der Waals surface area (Å²) in [6.45, 7) is 6.40. The van der Waals surface area contributed by atoms with Crippen LogP contribution in [0.4, 0.5) is 0 Å². The zero-order valence-corrected chi connectivity index (χ0v) is 13.0. The van der Waals surface area contributed by atoms with Crippen LogP contribution in [0.15, 0.2) is 30.3 Å². The normalized spacial score (nSPS) is 10.5. The number of nitrogens with zero attached hydrogens (tertiary/aromatic N) is 2. The smallest absolute Gasteiger partial charge is 0.312 e. The maximum absolute atomic E-state index is 12.4. The van der Waals surface area contributed by atoms with Gasteiger partial charge in [0.2, 0.25) is 0 Å². The molecule has 0 unspecified atom stereocenters. The number of rotatable bonds is 6. The van der Waals surface area contributed by atoms with Gasteiger partial charge in [-0.2, -0.15) is 0 Å². The second-order valence-corrected chi connectivity index (χ2v) is 5.12.